The highest BCUT2D eigenvalue weighted by molar-refractivity contribution is 7.24. The molecule has 0 amide bonds. The molecule has 0 bridgehead atoms. The summed E-state index contributed by atoms with van der Waals surface area (Å²) in [5.41, 5.74) is 0. The molecule has 0 unspecified atom stereocenters. The van der Waals surface area contributed by atoms with Gasteiger partial charge in [0.05, 0.1) is 0 Å². The third-order valence-electron chi connectivity index (χ3n) is 3.03. The average Bonchev–Trinajstić information content (AvgIpc) is 2.92. The molecule has 2 heterocycles. The van der Waals surface area contributed by atoms with Crippen LogP contribution in [0.4, 0.5) is 4.39 Å². The van der Waals surface area contributed by atoms with Crippen molar-refractivity contribution in [3.05, 3.63) is 21.5 Å². The van der Waals surface area contributed by atoms with Crippen molar-refractivity contribution in [3.8, 4) is 0 Å². The topological polar surface area (TPSA) is 17.1 Å². The van der Waals surface area contributed by atoms with Gasteiger partial charge in [-0.2, -0.15) is 11.3 Å². The first-order chi connectivity index (χ1) is 8.74. The monoisotopic (exact) mass is 284 g/mol. The minimum absolute atomic E-state index is 0.0322. The smallest absolute Gasteiger partial charge is 0.175 e. The SMILES string of the molecule is CCCCCCCC(=O)c1sc2cscc2c1F. The van der Waals surface area contributed by atoms with E-state index < -0.39 is 0 Å². The van der Waals surface area contributed by atoms with Crippen LogP contribution in [0.25, 0.3) is 10.1 Å². The summed E-state index contributed by atoms with van der Waals surface area (Å²) in [6, 6.07) is 0. The Morgan fingerprint density at radius 2 is 2.00 bits per heavy atom. The second kappa shape index (κ2) is 6.43. The summed E-state index contributed by atoms with van der Waals surface area (Å²) in [6.45, 7) is 2.17. The first-order valence-electron chi connectivity index (χ1n) is 6.41. The molecule has 98 valence electrons. The Kier molecular flexibility index (Phi) is 4.89. The lowest BCUT2D eigenvalue weighted by atomic mass is 10.1. The van der Waals surface area contributed by atoms with Gasteiger partial charge in [-0.25, -0.2) is 4.39 Å². The number of hydrogen-bond donors (Lipinski definition) is 0. The molecule has 0 saturated heterocycles. The second-order valence-corrected chi connectivity index (χ2v) is 6.28. The molecule has 0 fully saturated rings. The number of hydrogen-bond acceptors (Lipinski definition) is 3. The zero-order valence-corrected chi connectivity index (χ0v) is 12.1. The van der Waals surface area contributed by atoms with Gasteiger partial charge in [0, 0.05) is 27.3 Å². The molecule has 18 heavy (non-hydrogen) atoms. The number of unbranched alkanes of at least 4 members (excludes halogenated alkanes) is 4. The Bertz CT molecular complexity index is 527. The van der Waals surface area contributed by atoms with Gasteiger partial charge in [-0.3, -0.25) is 4.79 Å². The molecule has 0 atom stereocenters. The molecular weight excluding hydrogens is 267 g/mol. The molecule has 0 aromatic carbocycles. The normalized spacial score (nSPS) is 11.2. The lowest BCUT2D eigenvalue weighted by Crippen LogP contribution is -1.98. The zero-order valence-electron chi connectivity index (χ0n) is 10.5. The quantitative estimate of drug-likeness (QED) is 0.474. The molecule has 1 nitrogen and oxygen atoms in total. The molecule has 4 heteroatoms. The minimum atomic E-state index is -0.310. The maximum absolute atomic E-state index is 13.9. The van der Waals surface area contributed by atoms with E-state index in [4.69, 9.17) is 0 Å². The van der Waals surface area contributed by atoms with Crippen molar-refractivity contribution in [2.24, 2.45) is 0 Å². The van der Waals surface area contributed by atoms with Crippen molar-refractivity contribution in [1.82, 2.24) is 0 Å². The third-order valence-corrected chi connectivity index (χ3v) is 5.10. The highest BCUT2D eigenvalue weighted by Crippen LogP contribution is 2.33. The highest BCUT2D eigenvalue weighted by atomic mass is 32.1. The Morgan fingerprint density at radius 3 is 2.72 bits per heavy atom. The van der Waals surface area contributed by atoms with Crippen LogP contribution in [-0.2, 0) is 0 Å². The first-order valence-corrected chi connectivity index (χ1v) is 8.17. The van der Waals surface area contributed by atoms with Crippen LogP contribution < -0.4 is 0 Å². The van der Waals surface area contributed by atoms with E-state index in [2.05, 4.69) is 6.92 Å². The number of thiophene rings is 2. The summed E-state index contributed by atoms with van der Waals surface area (Å²) in [6.07, 6.45) is 6.02. The molecule has 0 aliphatic rings. The molecule has 0 spiro atoms. The molecule has 0 aliphatic carbocycles. The summed E-state index contributed by atoms with van der Waals surface area (Å²) in [4.78, 5) is 12.3. The largest absolute Gasteiger partial charge is 0.293 e. The third kappa shape index (κ3) is 2.98. The lowest BCUT2D eigenvalue weighted by Gasteiger charge is -1.99. The fourth-order valence-electron chi connectivity index (χ4n) is 1.98. The summed E-state index contributed by atoms with van der Waals surface area (Å²) in [5.74, 6) is -0.343. The standard InChI is InChI=1S/C14H17FOS2/c1-2-3-4-5-6-7-11(16)14-13(15)10-8-17-9-12(10)18-14/h8-9H,2-7H2,1H3. The lowest BCUT2D eigenvalue weighted by molar-refractivity contribution is 0.0979. The molecule has 0 saturated carbocycles. The van der Waals surface area contributed by atoms with Crippen LogP contribution in [0.2, 0.25) is 0 Å². The molecule has 0 radical (unpaired) electrons. The van der Waals surface area contributed by atoms with Crippen molar-refractivity contribution in [1.29, 1.82) is 0 Å². The fourth-order valence-corrected chi connectivity index (χ4v) is 4.00. The fraction of sp³-hybridized carbons (Fsp3) is 0.500. The highest BCUT2D eigenvalue weighted by Gasteiger charge is 2.18. The number of rotatable bonds is 7. The minimum Gasteiger partial charge on any atom is -0.293 e. The first kappa shape index (κ1) is 13.7. The van der Waals surface area contributed by atoms with Crippen molar-refractivity contribution in [2.45, 2.75) is 45.4 Å². The van der Waals surface area contributed by atoms with Gasteiger partial charge >= 0.3 is 0 Å². The Morgan fingerprint density at radius 1 is 1.22 bits per heavy atom. The van der Waals surface area contributed by atoms with Gasteiger partial charge in [-0.1, -0.05) is 32.6 Å². The van der Waals surface area contributed by atoms with Crippen molar-refractivity contribution in [3.63, 3.8) is 0 Å². The number of carbonyl (C=O) groups is 1. The number of Topliss-reactive ketones (excluding diaryl/α,β-unsaturated/α-hetero) is 1. The van der Waals surface area contributed by atoms with E-state index in [0.29, 0.717) is 16.7 Å². The predicted molar refractivity (Wildman–Crippen MR) is 77.4 cm³/mol. The van der Waals surface area contributed by atoms with E-state index in [9.17, 15) is 9.18 Å². The van der Waals surface area contributed by atoms with Crippen LogP contribution >= 0.6 is 22.7 Å². The maximum atomic E-state index is 13.9. The molecule has 2 aromatic heterocycles. The molecule has 0 aliphatic heterocycles. The van der Waals surface area contributed by atoms with Crippen LogP contribution in [0.5, 0.6) is 0 Å². The summed E-state index contributed by atoms with van der Waals surface area (Å²) >= 11 is 2.77. The van der Waals surface area contributed by atoms with E-state index >= 15 is 0 Å². The van der Waals surface area contributed by atoms with E-state index in [0.717, 1.165) is 17.5 Å². The zero-order chi connectivity index (χ0) is 13.0. The molecule has 2 rings (SSSR count). The van der Waals surface area contributed by atoms with Gasteiger partial charge in [-0.05, 0) is 6.42 Å². The van der Waals surface area contributed by atoms with Crippen molar-refractivity contribution >= 4 is 38.5 Å². The van der Waals surface area contributed by atoms with Gasteiger partial charge in [0.25, 0.3) is 0 Å². The van der Waals surface area contributed by atoms with Crippen molar-refractivity contribution in [2.75, 3.05) is 0 Å². The van der Waals surface area contributed by atoms with Gasteiger partial charge in [0.15, 0.2) is 11.6 Å². The number of fused-ring (bicyclic) bond motifs is 1. The average molecular weight is 284 g/mol. The van der Waals surface area contributed by atoms with E-state index in [1.807, 2.05) is 5.38 Å². The number of ketones is 1. The van der Waals surface area contributed by atoms with Crippen LogP contribution in [0.1, 0.15) is 55.1 Å². The van der Waals surface area contributed by atoms with Crippen LogP contribution in [0.3, 0.4) is 0 Å². The predicted octanol–water partition coefficient (Wildman–Crippen LogP) is 5.65. The van der Waals surface area contributed by atoms with Crippen molar-refractivity contribution < 1.29 is 9.18 Å². The summed E-state index contributed by atoms with van der Waals surface area (Å²) < 4.78 is 14.8. The van der Waals surface area contributed by atoms with E-state index in [1.54, 1.807) is 5.38 Å². The molecular formula is C14H17FOS2. The van der Waals surface area contributed by atoms with Gasteiger partial charge < -0.3 is 0 Å². The van der Waals surface area contributed by atoms with Crippen LogP contribution in [0, 0.1) is 5.82 Å². The Hall–Kier alpha value is -0.740. The van der Waals surface area contributed by atoms with E-state index in [-0.39, 0.29) is 11.6 Å². The number of carbonyl (C=O) groups excluding carboxylic acids is 1. The number of halogens is 1. The summed E-state index contributed by atoms with van der Waals surface area (Å²) in [7, 11) is 0. The maximum Gasteiger partial charge on any atom is 0.175 e. The molecule has 2 aromatic rings. The summed E-state index contributed by atoms with van der Waals surface area (Å²) in [5, 5.41) is 4.29. The van der Waals surface area contributed by atoms with Gasteiger partial charge in [0.2, 0.25) is 0 Å². The second-order valence-electron chi connectivity index (χ2n) is 4.48. The molecule has 0 N–H and O–H groups in total. The van der Waals surface area contributed by atoms with Crippen LogP contribution in [0.15, 0.2) is 10.8 Å². The van der Waals surface area contributed by atoms with Gasteiger partial charge in [-0.15, -0.1) is 11.3 Å². The Balaban J connectivity index is 1.92. The van der Waals surface area contributed by atoms with Gasteiger partial charge in [0.1, 0.15) is 4.88 Å². The van der Waals surface area contributed by atoms with E-state index in [1.165, 1.54) is 41.9 Å². The van der Waals surface area contributed by atoms with Crippen LogP contribution in [-0.4, -0.2) is 5.78 Å². The Labute approximate surface area is 115 Å².